The summed E-state index contributed by atoms with van der Waals surface area (Å²) in [4.78, 5) is 0. The van der Waals surface area contributed by atoms with E-state index in [0.717, 1.165) is 12.1 Å². The summed E-state index contributed by atoms with van der Waals surface area (Å²) in [5.41, 5.74) is 7.06. The number of halogens is 1. The van der Waals surface area contributed by atoms with Gasteiger partial charge in [0.25, 0.3) is 0 Å². The van der Waals surface area contributed by atoms with Crippen molar-refractivity contribution >= 4 is 5.69 Å². The summed E-state index contributed by atoms with van der Waals surface area (Å²) < 4.78 is 13.2. The highest BCUT2D eigenvalue weighted by molar-refractivity contribution is 5.41. The lowest BCUT2D eigenvalue weighted by molar-refractivity contribution is 0.314. The molecule has 0 radical (unpaired) electrons. The number of benzene rings is 1. The number of anilines is 1. The molecule has 2 rings (SSSR count). The van der Waals surface area contributed by atoms with Gasteiger partial charge in [-0.1, -0.05) is 25.8 Å². The normalized spacial score (nSPS) is 18.5. The Kier molecular flexibility index (Phi) is 3.67. The van der Waals surface area contributed by atoms with Crippen LogP contribution in [0.1, 0.15) is 38.2 Å². The first kappa shape index (κ1) is 12.4. The zero-order valence-corrected chi connectivity index (χ0v) is 10.4. The van der Waals surface area contributed by atoms with Gasteiger partial charge in [-0.3, -0.25) is 0 Å². The summed E-state index contributed by atoms with van der Waals surface area (Å²) in [5.74, 6) is -0.323. The van der Waals surface area contributed by atoms with Crippen LogP contribution in [0.2, 0.25) is 0 Å². The highest BCUT2D eigenvalue weighted by Gasteiger charge is 2.27. The van der Waals surface area contributed by atoms with Gasteiger partial charge in [-0.15, -0.1) is 0 Å². The van der Waals surface area contributed by atoms with Crippen molar-refractivity contribution in [3.8, 4) is 0 Å². The third kappa shape index (κ3) is 3.19. The Morgan fingerprint density at radius 3 is 2.71 bits per heavy atom. The average Bonchev–Trinajstić information content (AvgIpc) is 2.71. The molecule has 1 aliphatic rings. The summed E-state index contributed by atoms with van der Waals surface area (Å²) >= 11 is 0. The highest BCUT2D eigenvalue weighted by Crippen LogP contribution is 2.36. The largest absolute Gasteiger partial charge is 0.396 e. The Balaban J connectivity index is 1.83. The van der Waals surface area contributed by atoms with Crippen molar-refractivity contribution in [1.29, 1.82) is 0 Å². The van der Waals surface area contributed by atoms with Gasteiger partial charge in [0, 0.05) is 13.1 Å². The molecular weight excluding hydrogens is 215 g/mol. The van der Waals surface area contributed by atoms with Crippen LogP contribution in [0.5, 0.6) is 0 Å². The standard InChI is InChI=1S/C14H21FN2/c1-14(6-2-3-7-14)10-17-9-11-4-5-13(16)12(15)8-11/h4-5,8,17H,2-3,6-7,9-10,16H2,1H3. The van der Waals surface area contributed by atoms with Gasteiger partial charge in [-0.05, 0) is 36.0 Å². The Morgan fingerprint density at radius 1 is 1.35 bits per heavy atom. The maximum atomic E-state index is 13.2. The minimum Gasteiger partial charge on any atom is -0.396 e. The zero-order chi connectivity index (χ0) is 12.3. The lowest BCUT2D eigenvalue weighted by atomic mass is 9.89. The van der Waals surface area contributed by atoms with Gasteiger partial charge >= 0.3 is 0 Å². The molecular formula is C14H21FN2. The van der Waals surface area contributed by atoms with Crippen LogP contribution in [0, 0.1) is 11.2 Å². The number of hydrogen-bond acceptors (Lipinski definition) is 2. The first-order valence-corrected chi connectivity index (χ1v) is 6.34. The summed E-state index contributed by atoms with van der Waals surface area (Å²) in [6.45, 7) is 4.06. The van der Waals surface area contributed by atoms with Gasteiger partial charge in [0.05, 0.1) is 5.69 Å². The van der Waals surface area contributed by atoms with E-state index in [1.165, 1.54) is 31.7 Å². The SMILES string of the molecule is CC1(CNCc2ccc(N)c(F)c2)CCCC1. The maximum Gasteiger partial charge on any atom is 0.146 e. The van der Waals surface area contributed by atoms with Crippen LogP contribution in [-0.2, 0) is 6.54 Å². The number of nitrogen functional groups attached to an aromatic ring is 1. The molecule has 1 aromatic rings. The van der Waals surface area contributed by atoms with E-state index in [9.17, 15) is 4.39 Å². The fraction of sp³-hybridized carbons (Fsp3) is 0.571. The molecule has 0 saturated heterocycles. The molecule has 0 spiro atoms. The molecule has 0 heterocycles. The lowest BCUT2D eigenvalue weighted by Crippen LogP contribution is -2.29. The Hall–Kier alpha value is -1.09. The maximum absolute atomic E-state index is 13.2. The Labute approximate surface area is 102 Å². The molecule has 1 fully saturated rings. The number of nitrogens with two attached hydrogens (primary N) is 1. The van der Waals surface area contributed by atoms with Crippen LogP contribution in [-0.4, -0.2) is 6.54 Å². The molecule has 0 bridgehead atoms. The van der Waals surface area contributed by atoms with Crippen LogP contribution in [0.25, 0.3) is 0 Å². The first-order valence-electron chi connectivity index (χ1n) is 6.34. The molecule has 94 valence electrons. The third-order valence-corrected chi connectivity index (χ3v) is 3.76. The van der Waals surface area contributed by atoms with Gasteiger partial charge < -0.3 is 11.1 Å². The van der Waals surface area contributed by atoms with Crippen LogP contribution >= 0.6 is 0 Å². The molecule has 1 aliphatic carbocycles. The van der Waals surface area contributed by atoms with Gasteiger partial charge in [0.2, 0.25) is 0 Å². The van der Waals surface area contributed by atoms with Gasteiger partial charge in [-0.25, -0.2) is 4.39 Å². The van der Waals surface area contributed by atoms with E-state index >= 15 is 0 Å². The molecule has 1 saturated carbocycles. The quantitative estimate of drug-likeness (QED) is 0.788. The number of nitrogens with one attached hydrogen (secondary N) is 1. The molecule has 3 heteroatoms. The van der Waals surface area contributed by atoms with Crippen molar-refractivity contribution in [3.05, 3.63) is 29.6 Å². The molecule has 0 aliphatic heterocycles. The van der Waals surface area contributed by atoms with Crippen LogP contribution in [0.3, 0.4) is 0 Å². The molecule has 0 aromatic heterocycles. The van der Waals surface area contributed by atoms with E-state index in [4.69, 9.17) is 5.73 Å². The van der Waals surface area contributed by atoms with Gasteiger partial charge in [-0.2, -0.15) is 0 Å². The van der Waals surface area contributed by atoms with Crippen LogP contribution in [0.4, 0.5) is 10.1 Å². The van der Waals surface area contributed by atoms with Crippen LogP contribution in [0.15, 0.2) is 18.2 Å². The van der Waals surface area contributed by atoms with Crippen molar-refractivity contribution in [1.82, 2.24) is 5.32 Å². The van der Waals surface area contributed by atoms with Crippen molar-refractivity contribution in [3.63, 3.8) is 0 Å². The summed E-state index contributed by atoms with van der Waals surface area (Å²) in [6, 6.07) is 5.02. The third-order valence-electron chi connectivity index (χ3n) is 3.76. The predicted octanol–water partition coefficient (Wildman–Crippen LogP) is 3.08. The van der Waals surface area contributed by atoms with E-state index in [1.54, 1.807) is 6.07 Å². The topological polar surface area (TPSA) is 38.0 Å². The first-order chi connectivity index (χ1) is 8.09. The van der Waals surface area contributed by atoms with Gasteiger partial charge in [0.15, 0.2) is 0 Å². The second kappa shape index (κ2) is 5.05. The van der Waals surface area contributed by atoms with Crippen molar-refractivity contribution in [2.75, 3.05) is 12.3 Å². The smallest absolute Gasteiger partial charge is 0.146 e. The average molecular weight is 236 g/mol. The number of rotatable bonds is 4. The van der Waals surface area contributed by atoms with Gasteiger partial charge in [0.1, 0.15) is 5.82 Å². The molecule has 0 atom stereocenters. The predicted molar refractivity (Wildman–Crippen MR) is 69.1 cm³/mol. The highest BCUT2D eigenvalue weighted by atomic mass is 19.1. The fourth-order valence-corrected chi connectivity index (χ4v) is 2.59. The van der Waals surface area contributed by atoms with E-state index in [2.05, 4.69) is 12.2 Å². The summed E-state index contributed by atoms with van der Waals surface area (Å²) in [5, 5.41) is 3.42. The molecule has 0 amide bonds. The van der Waals surface area contributed by atoms with E-state index in [-0.39, 0.29) is 11.5 Å². The van der Waals surface area contributed by atoms with Crippen molar-refractivity contribution in [2.24, 2.45) is 5.41 Å². The number of hydrogen-bond donors (Lipinski definition) is 2. The van der Waals surface area contributed by atoms with E-state index in [0.29, 0.717) is 12.0 Å². The Bertz CT molecular complexity index is 384. The lowest BCUT2D eigenvalue weighted by Gasteiger charge is -2.23. The molecule has 1 aromatic carbocycles. The zero-order valence-electron chi connectivity index (χ0n) is 10.4. The van der Waals surface area contributed by atoms with Crippen LogP contribution < -0.4 is 11.1 Å². The molecule has 0 unspecified atom stereocenters. The monoisotopic (exact) mass is 236 g/mol. The second-order valence-corrected chi connectivity index (χ2v) is 5.48. The van der Waals surface area contributed by atoms with E-state index in [1.807, 2.05) is 6.07 Å². The summed E-state index contributed by atoms with van der Waals surface area (Å²) in [6.07, 6.45) is 5.29. The minimum absolute atomic E-state index is 0.219. The second-order valence-electron chi connectivity index (χ2n) is 5.48. The van der Waals surface area contributed by atoms with E-state index < -0.39 is 0 Å². The molecule has 3 N–H and O–H groups in total. The van der Waals surface area contributed by atoms with Crippen molar-refractivity contribution < 1.29 is 4.39 Å². The molecule has 2 nitrogen and oxygen atoms in total. The minimum atomic E-state index is -0.323. The molecule has 17 heavy (non-hydrogen) atoms. The van der Waals surface area contributed by atoms with Crippen molar-refractivity contribution in [2.45, 2.75) is 39.2 Å². The fourth-order valence-electron chi connectivity index (χ4n) is 2.59. The summed E-state index contributed by atoms with van der Waals surface area (Å²) in [7, 11) is 0. The Morgan fingerprint density at radius 2 is 2.06 bits per heavy atom.